The van der Waals surface area contributed by atoms with Crippen LogP contribution in [0, 0.1) is 6.92 Å². The average Bonchev–Trinajstić information content (AvgIpc) is 3.04. The minimum Gasteiger partial charge on any atom is -0.353 e. The molecule has 1 N–H and O–H groups in total. The zero-order chi connectivity index (χ0) is 14.9. The molecule has 0 unspecified atom stereocenters. The second-order valence-corrected chi connectivity index (χ2v) is 5.43. The molecule has 1 saturated heterocycles. The van der Waals surface area contributed by atoms with Gasteiger partial charge in [0.05, 0.1) is 5.39 Å². The highest BCUT2D eigenvalue weighted by atomic mass is 15.3. The quantitative estimate of drug-likeness (QED) is 0.770. The molecule has 0 spiro atoms. The van der Waals surface area contributed by atoms with Crippen LogP contribution in [0.1, 0.15) is 5.69 Å². The molecule has 1 aliphatic rings. The van der Waals surface area contributed by atoms with Gasteiger partial charge in [0.1, 0.15) is 29.9 Å². The van der Waals surface area contributed by atoms with Crippen LogP contribution in [0.5, 0.6) is 0 Å². The van der Waals surface area contributed by atoms with Crippen molar-refractivity contribution >= 4 is 22.7 Å². The lowest BCUT2D eigenvalue weighted by Gasteiger charge is -2.36. The van der Waals surface area contributed by atoms with Gasteiger partial charge in [0.25, 0.3) is 0 Å². The maximum atomic E-state index is 4.47. The van der Waals surface area contributed by atoms with Gasteiger partial charge in [-0.1, -0.05) is 0 Å². The molecule has 0 saturated carbocycles. The zero-order valence-electron chi connectivity index (χ0n) is 12.4. The Bertz CT molecular complexity index is 789. The Hall–Kier alpha value is -2.70. The Balaban J connectivity index is 1.53. The van der Waals surface area contributed by atoms with Crippen LogP contribution < -0.4 is 9.80 Å². The number of piperazine rings is 1. The van der Waals surface area contributed by atoms with Crippen LogP contribution in [0.15, 0.2) is 31.0 Å². The number of H-pyrrole nitrogens is 1. The minimum atomic E-state index is 0.888. The molecule has 1 aliphatic heterocycles. The Morgan fingerprint density at radius 1 is 0.955 bits per heavy atom. The second-order valence-electron chi connectivity index (χ2n) is 5.43. The lowest BCUT2D eigenvalue weighted by Crippen LogP contribution is -2.47. The molecule has 3 aromatic rings. The minimum absolute atomic E-state index is 0.888. The number of nitrogens with zero attached hydrogens (tertiary/aromatic N) is 6. The summed E-state index contributed by atoms with van der Waals surface area (Å²) in [5.74, 6) is 2.01. The fourth-order valence-corrected chi connectivity index (χ4v) is 2.87. The molecular weight excluding hydrogens is 278 g/mol. The van der Waals surface area contributed by atoms with E-state index in [2.05, 4.69) is 34.7 Å². The molecule has 0 aromatic carbocycles. The summed E-state index contributed by atoms with van der Waals surface area (Å²) in [6.45, 7) is 5.67. The van der Waals surface area contributed by atoms with E-state index in [1.54, 1.807) is 12.7 Å². The standard InChI is InChI=1S/C15H17N7/c1-11-8-13(18-9-17-11)21-4-6-22(7-5-21)15-12-2-3-16-14(12)19-10-20-15/h2-3,8-10H,4-7H2,1H3,(H,16,19,20). The summed E-state index contributed by atoms with van der Waals surface area (Å²) in [6, 6.07) is 4.07. The SMILES string of the molecule is Cc1cc(N2CCN(c3ncnc4[nH]ccc34)CC2)ncn1. The first-order valence-electron chi connectivity index (χ1n) is 7.38. The fourth-order valence-electron chi connectivity index (χ4n) is 2.87. The zero-order valence-corrected chi connectivity index (χ0v) is 12.4. The van der Waals surface area contributed by atoms with Gasteiger partial charge in [0.2, 0.25) is 0 Å². The van der Waals surface area contributed by atoms with Crippen molar-refractivity contribution in [1.82, 2.24) is 24.9 Å². The molecule has 3 aromatic heterocycles. The molecule has 7 heteroatoms. The van der Waals surface area contributed by atoms with E-state index in [9.17, 15) is 0 Å². The summed E-state index contributed by atoms with van der Waals surface area (Å²) >= 11 is 0. The van der Waals surface area contributed by atoms with Crippen LogP contribution in [0.3, 0.4) is 0 Å². The molecule has 4 heterocycles. The number of aromatic amines is 1. The van der Waals surface area contributed by atoms with Gasteiger partial charge < -0.3 is 14.8 Å². The van der Waals surface area contributed by atoms with E-state index in [1.165, 1.54) is 0 Å². The highest BCUT2D eigenvalue weighted by molar-refractivity contribution is 5.87. The fraction of sp³-hybridized carbons (Fsp3) is 0.333. The summed E-state index contributed by atoms with van der Waals surface area (Å²) < 4.78 is 0. The van der Waals surface area contributed by atoms with Gasteiger partial charge in [-0.25, -0.2) is 19.9 Å². The number of nitrogens with one attached hydrogen (secondary N) is 1. The largest absolute Gasteiger partial charge is 0.353 e. The third-order valence-electron chi connectivity index (χ3n) is 4.03. The van der Waals surface area contributed by atoms with Crippen molar-refractivity contribution in [2.45, 2.75) is 6.92 Å². The molecular formula is C15H17N7. The summed E-state index contributed by atoms with van der Waals surface area (Å²) in [6.07, 6.45) is 5.15. The number of fused-ring (bicyclic) bond motifs is 1. The van der Waals surface area contributed by atoms with E-state index in [0.717, 1.165) is 54.5 Å². The molecule has 22 heavy (non-hydrogen) atoms. The average molecular weight is 295 g/mol. The molecule has 112 valence electrons. The maximum absolute atomic E-state index is 4.47. The second kappa shape index (κ2) is 5.25. The van der Waals surface area contributed by atoms with Crippen LogP contribution in [0.25, 0.3) is 11.0 Å². The maximum Gasteiger partial charge on any atom is 0.142 e. The predicted octanol–water partition coefficient (Wildman–Crippen LogP) is 1.38. The van der Waals surface area contributed by atoms with Crippen molar-refractivity contribution in [2.75, 3.05) is 36.0 Å². The van der Waals surface area contributed by atoms with Gasteiger partial charge in [-0.2, -0.15) is 0 Å². The van der Waals surface area contributed by atoms with Gasteiger partial charge in [0, 0.05) is 44.1 Å². The van der Waals surface area contributed by atoms with E-state index in [-0.39, 0.29) is 0 Å². The Morgan fingerprint density at radius 2 is 1.73 bits per heavy atom. The van der Waals surface area contributed by atoms with E-state index in [1.807, 2.05) is 25.3 Å². The summed E-state index contributed by atoms with van der Waals surface area (Å²) in [5.41, 5.74) is 1.89. The van der Waals surface area contributed by atoms with Crippen molar-refractivity contribution in [3.05, 3.63) is 36.7 Å². The third-order valence-corrected chi connectivity index (χ3v) is 4.03. The highest BCUT2D eigenvalue weighted by Crippen LogP contribution is 2.24. The number of hydrogen-bond donors (Lipinski definition) is 1. The first-order valence-corrected chi connectivity index (χ1v) is 7.38. The van der Waals surface area contributed by atoms with Crippen LogP contribution >= 0.6 is 0 Å². The topological polar surface area (TPSA) is 73.8 Å². The molecule has 0 bridgehead atoms. The van der Waals surface area contributed by atoms with E-state index >= 15 is 0 Å². The van der Waals surface area contributed by atoms with E-state index < -0.39 is 0 Å². The Kier molecular flexibility index (Phi) is 3.10. The van der Waals surface area contributed by atoms with Crippen molar-refractivity contribution in [3.63, 3.8) is 0 Å². The smallest absolute Gasteiger partial charge is 0.142 e. The Morgan fingerprint density at radius 3 is 2.55 bits per heavy atom. The molecule has 4 rings (SSSR count). The van der Waals surface area contributed by atoms with Crippen LogP contribution in [-0.4, -0.2) is 51.1 Å². The van der Waals surface area contributed by atoms with Crippen molar-refractivity contribution in [3.8, 4) is 0 Å². The molecule has 0 amide bonds. The summed E-state index contributed by atoms with van der Waals surface area (Å²) in [5, 5.41) is 1.08. The molecule has 0 aliphatic carbocycles. The van der Waals surface area contributed by atoms with Gasteiger partial charge in [-0.3, -0.25) is 0 Å². The van der Waals surface area contributed by atoms with Crippen molar-refractivity contribution < 1.29 is 0 Å². The number of aryl methyl sites for hydroxylation is 1. The summed E-state index contributed by atoms with van der Waals surface area (Å²) in [7, 11) is 0. The molecule has 0 atom stereocenters. The van der Waals surface area contributed by atoms with Gasteiger partial charge >= 0.3 is 0 Å². The van der Waals surface area contributed by atoms with Crippen LogP contribution in [-0.2, 0) is 0 Å². The summed E-state index contributed by atoms with van der Waals surface area (Å²) in [4.78, 5) is 25.0. The molecule has 1 fully saturated rings. The van der Waals surface area contributed by atoms with Gasteiger partial charge in [-0.05, 0) is 13.0 Å². The van der Waals surface area contributed by atoms with Crippen molar-refractivity contribution in [2.24, 2.45) is 0 Å². The highest BCUT2D eigenvalue weighted by Gasteiger charge is 2.21. The lowest BCUT2D eigenvalue weighted by molar-refractivity contribution is 0.642. The predicted molar refractivity (Wildman–Crippen MR) is 85.1 cm³/mol. The third kappa shape index (κ3) is 2.24. The van der Waals surface area contributed by atoms with E-state index in [0.29, 0.717) is 0 Å². The monoisotopic (exact) mass is 295 g/mol. The molecule has 0 radical (unpaired) electrons. The first-order chi connectivity index (χ1) is 10.8. The molecule has 7 nitrogen and oxygen atoms in total. The number of anilines is 2. The van der Waals surface area contributed by atoms with E-state index in [4.69, 9.17) is 0 Å². The van der Waals surface area contributed by atoms with Crippen molar-refractivity contribution in [1.29, 1.82) is 0 Å². The number of aromatic nitrogens is 5. The first kappa shape index (κ1) is 13.0. The van der Waals surface area contributed by atoms with Gasteiger partial charge in [0.15, 0.2) is 0 Å². The normalized spacial score (nSPS) is 15.5. The number of rotatable bonds is 2. The van der Waals surface area contributed by atoms with Gasteiger partial charge in [-0.15, -0.1) is 0 Å². The number of hydrogen-bond acceptors (Lipinski definition) is 6. The van der Waals surface area contributed by atoms with Crippen LogP contribution in [0.2, 0.25) is 0 Å². The van der Waals surface area contributed by atoms with Crippen LogP contribution in [0.4, 0.5) is 11.6 Å². The Labute approximate surface area is 128 Å². The lowest BCUT2D eigenvalue weighted by atomic mass is 10.2.